The highest BCUT2D eigenvalue weighted by Crippen LogP contribution is 2.40. The Morgan fingerprint density at radius 3 is 2.86 bits per heavy atom. The molecule has 3 rings (SSSR count). The standard InChI is InChI=1S/C15H19N3O3S/c1-3-6-16-12-9-7-18(13(20)10(9)8-22-12)15(2)5-4-11(19)17-14(15)21/h8,16H,3-7H2,1-2H3,(H,17,19,21). The molecule has 0 saturated carbocycles. The van der Waals surface area contributed by atoms with Crippen LogP contribution in [0.4, 0.5) is 5.00 Å². The number of amides is 3. The second-order valence-corrected chi connectivity index (χ2v) is 6.81. The average Bonchev–Trinajstić information content (AvgIpc) is 3.02. The van der Waals surface area contributed by atoms with Gasteiger partial charge in [-0.25, -0.2) is 0 Å². The minimum Gasteiger partial charge on any atom is -0.377 e. The summed E-state index contributed by atoms with van der Waals surface area (Å²) < 4.78 is 0. The number of nitrogens with one attached hydrogen (secondary N) is 2. The summed E-state index contributed by atoms with van der Waals surface area (Å²) >= 11 is 1.53. The Morgan fingerprint density at radius 1 is 1.41 bits per heavy atom. The van der Waals surface area contributed by atoms with Crippen molar-refractivity contribution in [3.8, 4) is 0 Å². The van der Waals surface area contributed by atoms with Crippen LogP contribution in [0.2, 0.25) is 0 Å². The molecule has 6 nitrogen and oxygen atoms in total. The number of anilines is 1. The van der Waals surface area contributed by atoms with E-state index in [9.17, 15) is 14.4 Å². The third-order valence-corrected chi connectivity index (χ3v) is 5.38. The molecule has 2 N–H and O–H groups in total. The van der Waals surface area contributed by atoms with Gasteiger partial charge in [-0.1, -0.05) is 6.92 Å². The van der Waals surface area contributed by atoms with Crippen LogP contribution >= 0.6 is 11.3 Å². The van der Waals surface area contributed by atoms with Crippen molar-refractivity contribution >= 4 is 34.1 Å². The van der Waals surface area contributed by atoms with Gasteiger partial charge in [0, 0.05) is 23.9 Å². The second kappa shape index (κ2) is 5.39. The number of fused-ring (bicyclic) bond motifs is 1. The summed E-state index contributed by atoms with van der Waals surface area (Å²) in [7, 11) is 0. The highest BCUT2D eigenvalue weighted by molar-refractivity contribution is 7.14. The molecule has 0 spiro atoms. The minimum absolute atomic E-state index is 0.122. The maximum Gasteiger partial charge on any atom is 0.256 e. The lowest BCUT2D eigenvalue weighted by molar-refractivity contribution is -0.142. The highest BCUT2D eigenvalue weighted by atomic mass is 32.1. The van der Waals surface area contributed by atoms with Crippen LogP contribution in [0.5, 0.6) is 0 Å². The van der Waals surface area contributed by atoms with Crippen LogP contribution in [-0.4, -0.2) is 34.7 Å². The van der Waals surface area contributed by atoms with Crippen LogP contribution in [0.1, 0.15) is 49.0 Å². The third-order valence-electron chi connectivity index (χ3n) is 4.40. The van der Waals surface area contributed by atoms with Crippen molar-refractivity contribution in [2.24, 2.45) is 0 Å². The Bertz CT molecular complexity index is 654. The van der Waals surface area contributed by atoms with E-state index >= 15 is 0 Å². The lowest BCUT2D eigenvalue weighted by atomic mass is 9.89. The molecule has 0 aromatic carbocycles. The van der Waals surface area contributed by atoms with E-state index in [4.69, 9.17) is 0 Å². The molecule has 0 radical (unpaired) electrons. The van der Waals surface area contributed by atoms with Gasteiger partial charge in [-0.15, -0.1) is 11.3 Å². The van der Waals surface area contributed by atoms with Gasteiger partial charge in [-0.2, -0.15) is 0 Å². The van der Waals surface area contributed by atoms with Gasteiger partial charge < -0.3 is 10.2 Å². The number of carbonyl (C=O) groups is 3. The molecule has 1 aromatic rings. The van der Waals surface area contributed by atoms with Crippen LogP contribution in [0, 0.1) is 0 Å². The molecule has 7 heteroatoms. The molecule has 22 heavy (non-hydrogen) atoms. The zero-order chi connectivity index (χ0) is 15.9. The number of hydrogen-bond acceptors (Lipinski definition) is 5. The van der Waals surface area contributed by atoms with Crippen molar-refractivity contribution < 1.29 is 14.4 Å². The largest absolute Gasteiger partial charge is 0.377 e. The van der Waals surface area contributed by atoms with E-state index in [2.05, 4.69) is 17.6 Å². The van der Waals surface area contributed by atoms with E-state index in [-0.39, 0.29) is 24.1 Å². The Morgan fingerprint density at radius 2 is 2.18 bits per heavy atom. The first kappa shape index (κ1) is 15.0. The van der Waals surface area contributed by atoms with E-state index in [1.165, 1.54) is 11.3 Å². The molecular formula is C15H19N3O3S. The van der Waals surface area contributed by atoms with E-state index in [1.807, 2.05) is 5.38 Å². The monoisotopic (exact) mass is 321 g/mol. The molecule has 0 aliphatic carbocycles. The van der Waals surface area contributed by atoms with E-state index < -0.39 is 5.54 Å². The lowest BCUT2D eigenvalue weighted by Crippen LogP contribution is -2.61. The SMILES string of the molecule is CCCNc1scc2c1CN(C1(C)CCC(=O)NC1=O)C2=O. The van der Waals surface area contributed by atoms with Crippen molar-refractivity contribution in [3.05, 3.63) is 16.5 Å². The third kappa shape index (κ3) is 2.20. The molecule has 118 valence electrons. The van der Waals surface area contributed by atoms with Crippen molar-refractivity contribution in [1.82, 2.24) is 10.2 Å². The molecule has 0 bridgehead atoms. The molecule has 3 amide bonds. The van der Waals surface area contributed by atoms with Gasteiger partial charge in [0.15, 0.2) is 0 Å². The Hall–Kier alpha value is -1.89. The molecule has 1 fully saturated rings. The van der Waals surface area contributed by atoms with Crippen LogP contribution in [-0.2, 0) is 16.1 Å². The molecular weight excluding hydrogens is 302 g/mol. The van der Waals surface area contributed by atoms with Gasteiger partial charge in [0.25, 0.3) is 11.8 Å². The summed E-state index contributed by atoms with van der Waals surface area (Å²) in [5, 5.41) is 8.54. The number of rotatable bonds is 4. The molecule has 1 unspecified atom stereocenters. The van der Waals surface area contributed by atoms with E-state index in [0.29, 0.717) is 18.5 Å². The summed E-state index contributed by atoms with van der Waals surface area (Å²) in [5.74, 6) is -0.773. The first-order valence-corrected chi connectivity index (χ1v) is 8.36. The van der Waals surface area contributed by atoms with Crippen molar-refractivity contribution in [1.29, 1.82) is 0 Å². The molecule has 1 aromatic heterocycles. The number of carbonyl (C=O) groups excluding carboxylic acids is 3. The van der Waals surface area contributed by atoms with Gasteiger partial charge in [-0.05, 0) is 19.8 Å². The normalized spacial score (nSPS) is 24.5. The van der Waals surface area contributed by atoms with E-state index in [0.717, 1.165) is 23.5 Å². The van der Waals surface area contributed by atoms with Gasteiger partial charge >= 0.3 is 0 Å². The summed E-state index contributed by atoms with van der Waals surface area (Å²) in [6.45, 7) is 5.10. The fourth-order valence-electron chi connectivity index (χ4n) is 2.93. The minimum atomic E-state index is -0.955. The molecule has 2 aliphatic heterocycles. The summed E-state index contributed by atoms with van der Waals surface area (Å²) in [6.07, 6.45) is 1.64. The van der Waals surface area contributed by atoms with Crippen molar-refractivity contribution in [2.45, 2.75) is 45.2 Å². The van der Waals surface area contributed by atoms with Crippen LogP contribution in [0.25, 0.3) is 0 Å². The summed E-state index contributed by atoms with van der Waals surface area (Å²) in [5.41, 5.74) is 0.688. The predicted octanol–water partition coefficient (Wildman–Crippen LogP) is 1.72. The maximum absolute atomic E-state index is 12.7. The molecule has 1 atom stereocenters. The summed E-state index contributed by atoms with van der Waals surface area (Å²) in [6, 6.07) is 0. The van der Waals surface area contributed by atoms with Crippen LogP contribution < -0.4 is 10.6 Å². The Kier molecular flexibility index (Phi) is 3.68. The number of piperidine rings is 1. The first-order chi connectivity index (χ1) is 10.5. The zero-order valence-electron chi connectivity index (χ0n) is 12.7. The van der Waals surface area contributed by atoms with Gasteiger partial charge in [0.2, 0.25) is 5.91 Å². The molecule has 3 heterocycles. The quantitative estimate of drug-likeness (QED) is 0.828. The Balaban J connectivity index is 1.86. The summed E-state index contributed by atoms with van der Waals surface area (Å²) in [4.78, 5) is 37.9. The first-order valence-electron chi connectivity index (χ1n) is 7.48. The smallest absolute Gasteiger partial charge is 0.256 e. The Labute approximate surface area is 132 Å². The topological polar surface area (TPSA) is 78.5 Å². The lowest BCUT2D eigenvalue weighted by Gasteiger charge is -2.39. The zero-order valence-corrected chi connectivity index (χ0v) is 13.5. The second-order valence-electron chi connectivity index (χ2n) is 5.93. The fraction of sp³-hybridized carbons (Fsp3) is 0.533. The van der Waals surface area contributed by atoms with E-state index in [1.54, 1.807) is 11.8 Å². The maximum atomic E-state index is 12.7. The average molecular weight is 321 g/mol. The van der Waals surface area contributed by atoms with Crippen LogP contribution in [0.15, 0.2) is 5.38 Å². The van der Waals surface area contributed by atoms with Gasteiger partial charge in [0.05, 0.1) is 17.1 Å². The number of nitrogens with zero attached hydrogens (tertiary/aromatic N) is 1. The van der Waals surface area contributed by atoms with Gasteiger partial charge in [-0.3, -0.25) is 19.7 Å². The number of thiophene rings is 1. The molecule has 2 aliphatic rings. The van der Waals surface area contributed by atoms with Crippen molar-refractivity contribution in [2.75, 3.05) is 11.9 Å². The van der Waals surface area contributed by atoms with Crippen molar-refractivity contribution in [3.63, 3.8) is 0 Å². The highest BCUT2D eigenvalue weighted by Gasteiger charge is 2.49. The number of imide groups is 1. The molecule has 1 saturated heterocycles. The van der Waals surface area contributed by atoms with Gasteiger partial charge in [0.1, 0.15) is 5.54 Å². The predicted molar refractivity (Wildman–Crippen MR) is 83.8 cm³/mol. The van der Waals surface area contributed by atoms with Crippen LogP contribution in [0.3, 0.4) is 0 Å². The fourth-order valence-corrected chi connectivity index (χ4v) is 3.91. The number of hydrogen-bond donors (Lipinski definition) is 2.